The zero-order valence-corrected chi connectivity index (χ0v) is 15.1. The summed E-state index contributed by atoms with van der Waals surface area (Å²) in [6.45, 7) is 2.23. The van der Waals surface area contributed by atoms with E-state index in [2.05, 4.69) is 6.92 Å². The minimum Gasteiger partial charge on any atom is -0.393 e. The maximum absolute atomic E-state index is 10.5. The minimum absolute atomic E-state index is 0.131. The fraction of sp³-hybridized carbons (Fsp3) is 1.00. The molecular weight excluding hydrogens is 300 g/mol. The Bertz CT molecular complexity index is 328. The molecule has 0 heterocycles. The summed E-state index contributed by atoms with van der Waals surface area (Å²) < 4.78 is 29.7. The van der Waals surface area contributed by atoms with E-state index in [4.69, 9.17) is 4.55 Å². The van der Waals surface area contributed by atoms with Gasteiger partial charge in [0.25, 0.3) is 10.1 Å². The van der Waals surface area contributed by atoms with Gasteiger partial charge in [-0.2, -0.15) is 8.42 Å². The van der Waals surface area contributed by atoms with Gasteiger partial charge in [-0.1, -0.05) is 77.6 Å². The molecule has 0 aromatic heterocycles. The lowest BCUT2D eigenvalue weighted by Gasteiger charge is -2.10. The Morgan fingerprint density at radius 2 is 1.14 bits per heavy atom. The van der Waals surface area contributed by atoms with Crippen LogP contribution in [-0.2, 0) is 10.1 Å². The second kappa shape index (κ2) is 14.5. The van der Waals surface area contributed by atoms with Crippen molar-refractivity contribution in [2.45, 2.75) is 103 Å². The van der Waals surface area contributed by atoms with Crippen LogP contribution in [0.25, 0.3) is 0 Å². The highest BCUT2D eigenvalue weighted by Gasteiger charge is 2.05. The molecule has 0 rings (SSSR count). The quantitative estimate of drug-likeness (QED) is 0.316. The van der Waals surface area contributed by atoms with E-state index < -0.39 is 10.1 Å². The topological polar surface area (TPSA) is 74.6 Å². The number of aliphatic hydroxyl groups excluding tert-OH is 1. The SMILES string of the molecule is CCCCCCCCCC(O)CCCCCCCS(=O)(=O)O. The first-order valence-corrected chi connectivity index (χ1v) is 10.7. The maximum Gasteiger partial charge on any atom is 0.264 e. The molecular formula is C17H36O4S. The lowest BCUT2D eigenvalue weighted by Crippen LogP contribution is -2.06. The second-order valence-corrected chi connectivity index (χ2v) is 7.98. The predicted octanol–water partition coefficient (Wildman–Crippen LogP) is 4.72. The molecule has 0 aromatic carbocycles. The van der Waals surface area contributed by atoms with Gasteiger partial charge in [-0.05, 0) is 19.3 Å². The molecule has 0 fully saturated rings. The molecule has 0 aliphatic rings. The molecule has 134 valence electrons. The molecule has 0 aromatic rings. The highest BCUT2D eigenvalue weighted by molar-refractivity contribution is 7.85. The van der Waals surface area contributed by atoms with Gasteiger partial charge in [-0.15, -0.1) is 0 Å². The molecule has 1 unspecified atom stereocenters. The number of unbranched alkanes of at least 4 members (excludes halogenated alkanes) is 10. The van der Waals surface area contributed by atoms with Crippen LogP contribution in [0.4, 0.5) is 0 Å². The van der Waals surface area contributed by atoms with Gasteiger partial charge in [0.05, 0.1) is 11.9 Å². The van der Waals surface area contributed by atoms with Crippen LogP contribution in [0, 0.1) is 0 Å². The van der Waals surface area contributed by atoms with E-state index in [1.54, 1.807) is 0 Å². The Morgan fingerprint density at radius 3 is 1.59 bits per heavy atom. The molecule has 0 aliphatic carbocycles. The third-order valence-electron chi connectivity index (χ3n) is 4.08. The smallest absolute Gasteiger partial charge is 0.264 e. The van der Waals surface area contributed by atoms with E-state index in [-0.39, 0.29) is 11.9 Å². The van der Waals surface area contributed by atoms with Gasteiger partial charge in [-0.3, -0.25) is 4.55 Å². The third-order valence-corrected chi connectivity index (χ3v) is 4.89. The Hall–Kier alpha value is -0.130. The van der Waals surface area contributed by atoms with Gasteiger partial charge in [0.15, 0.2) is 0 Å². The molecule has 1 atom stereocenters. The minimum atomic E-state index is -3.79. The van der Waals surface area contributed by atoms with Crippen LogP contribution in [0.2, 0.25) is 0 Å². The Kier molecular flexibility index (Phi) is 14.4. The molecule has 0 amide bonds. The Morgan fingerprint density at radius 1 is 0.727 bits per heavy atom. The highest BCUT2D eigenvalue weighted by Crippen LogP contribution is 2.14. The van der Waals surface area contributed by atoms with E-state index in [9.17, 15) is 13.5 Å². The average molecular weight is 337 g/mol. The predicted molar refractivity (Wildman–Crippen MR) is 92.7 cm³/mol. The normalized spacial score (nSPS) is 13.4. The monoisotopic (exact) mass is 336 g/mol. The summed E-state index contributed by atoms with van der Waals surface area (Å²) in [7, 11) is -3.79. The largest absolute Gasteiger partial charge is 0.393 e. The highest BCUT2D eigenvalue weighted by atomic mass is 32.2. The molecule has 5 heteroatoms. The van der Waals surface area contributed by atoms with Gasteiger partial charge in [0, 0.05) is 0 Å². The van der Waals surface area contributed by atoms with Crippen molar-refractivity contribution in [1.29, 1.82) is 0 Å². The van der Waals surface area contributed by atoms with Crippen molar-refractivity contribution in [1.82, 2.24) is 0 Å². The van der Waals surface area contributed by atoms with Gasteiger partial charge >= 0.3 is 0 Å². The summed E-state index contributed by atoms with van der Waals surface area (Å²) in [5.74, 6) is -0.131. The van der Waals surface area contributed by atoms with E-state index >= 15 is 0 Å². The average Bonchev–Trinajstić information content (AvgIpc) is 2.44. The van der Waals surface area contributed by atoms with E-state index in [0.717, 1.165) is 44.9 Å². The van der Waals surface area contributed by atoms with Crippen LogP contribution in [0.15, 0.2) is 0 Å². The van der Waals surface area contributed by atoms with E-state index in [1.807, 2.05) is 0 Å². The maximum atomic E-state index is 10.5. The van der Waals surface area contributed by atoms with E-state index in [1.165, 1.54) is 38.5 Å². The zero-order valence-electron chi connectivity index (χ0n) is 14.3. The molecule has 22 heavy (non-hydrogen) atoms. The van der Waals surface area contributed by atoms with Gasteiger partial charge in [-0.25, -0.2) is 0 Å². The van der Waals surface area contributed by atoms with Crippen molar-refractivity contribution in [3.8, 4) is 0 Å². The fourth-order valence-electron chi connectivity index (χ4n) is 2.68. The van der Waals surface area contributed by atoms with Gasteiger partial charge in [0.2, 0.25) is 0 Å². The molecule has 0 bridgehead atoms. The van der Waals surface area contributed by atoms with E-state index in [0.29, 0.717) is 6.42 Å². The molecule has 0 aliphatic heterocycles. The number of hydrogen-bond acceptors (Lipinski definition) is 3. The van der Waals surface area contributed by atoms with Crippen molar-refractivity contribution in [3.63, 3.8) is 0 Å². The van der Waals surface area contributed by atoms with Crippen molar-refractivity contribution < 1.29 is 18.1 Å². The number of aliphatic hydroxyl groups is 1. The summed E-state index contributed by atoms with van der Waals surface area (Å²) in [6, 6.07) is 0. The van der Waals surface area contributed by atoms with Crippen molar-refractivity contribution in [3.05, 3.63) is 0 Å². The summed E-state index contributed by atoms with van der Waals surface area (Å²) >= 11 is 0. The van der Waals surface area contributed by atoms with Crippen LogP contribution >= 0.6 is 0 Å². The van der Waals surface area contributed by atoms with Crippen LogP contribution in [-0.4, -0.2) is 29.9 Å². The first kappa shape index (κ1) is 21.9. The first-order chi connectivity index (χ1) is 10.5. The van der Waals surface area contributed by atoms with Gasteiger partial charge < -0.3 is 5.11 Å². The second-order valence-electron chi connectivity index (χ2n) is 6.41. The fourth-order valence-corrected chi connectivity index (χ4v) is 3.25. The molecule has 0 spiro atoms. The van der Waals surface area contributed by atoms with Crippen molar-refractivity contribution in [2.24, 2.45) is 0 Å². The zero-order chi connectivity index (χ0) is 16.7. The van der Waals surface area contributed by atoms with Crippen LogP contribution < -0.4 is 0 Å². The summed E-state index contributed by atoms with van der Waals surface area (Å²) in [5, 5.41) is 9.89. The molecule has 2 N–H and O–H groups in total. The van der Waals surface area contributed by atoms with Crippen LogP contribution in [0.3, 0.4) is 0 Å². The van der Waals surface area contributed by atoms with Crippen LogP contribution in [0.5, 0.6) is 0 Å². The lowest BCUT2D eigenvalue weighted by atomic mass is 10.0. The molecule has 4 nitrogen and oxygen atoms in total. The van der Waals surface area contributed by atoms with Crippen molar-refractivity contribution >= 4 is 10.1 Å². The Balaban J connectivity index is 3.24. The molecule has 0 saturated carbocycles. The molecule has 0 radical (unpaired) electrons. The van der Waals surface area contributed by atoms with Crippen LogP contribution in [0.1, 0.15) is 96.8 Å². The summed E-state index contributed by atoms with van der Waals surface area (Å²) in [4.78, 5) is 0. The number of rotatable bonds is 16. The standard InChI is InChI=1S/C17H36O4S/c1-2-3-4-5-6-8-11-14-17(18)15-12-9-7-10-13-16-22(19,20)21/h17-18H,2-16H2,1H3,(H,19,20,21). The van der Waals surface area contributed by atoms with Gasteiger partial charge in [0.1, 0.15) is 0 Å². The Labute approximate surface area is 137 Å². The molecule has 0 saturated heterocycles. The number of hydrogen-bond donors (Lipinski definition) is 2. The summed E-state index contributed by atoms with van der Waals surface area (Å²) in [5.41, 5.74) is 0. The lowest BCUT2D eigenvalue weighted by molar-refractivity contribution is 0.147. The first-order valence-electron chi connectivity index (χ1n) is 9.09. The third kappa shape index (κ3) is 17.9. The van der Waals surface area contributed by atoms with Crippen molar-refractivity contribution in [2.75, 3.05) is 5.75 Å². The summed E-state index contributed by atoms with van der Waals surface area (Å²) in [6.07, 6.45) is 14.9.